The number of nitrogens with zero attached hydrogens (tertiary/aromatic N) is 4. The molecule has 0 bridgehead atoms. The number of hydrogen-bond acceptors (Lipinski definition) is 6. The minimum atomic E-state index is -5.08. The summed E-state index contributed by atoms with van der Waals surface area (Å²) < 4.78 is 85.2. The first-order valence-corrected chi connectivity index (χ1v) is 14.6. The van der Waals surface area contributed by atoms with Gasteiger partial charge in [0.2, 0.25) is 17.7 Å². The SMILES string of the molecule is O=C(C[C@H]1C(=O)N(Cc2ccccc2)CC2N(C(=O)OCc3cc(C(F)(F)F)cc(C(F)(F)F)c3)CCC(=O)N21)N1CCNCC1. The third-order valence-electron chi connectivity index (χ3n) is 8.15. The molecule has 0 aliphatic carbocycles. The molecule has 4 amide bonds. The van der Waals surface area contributed by atoms with Gasteiger partial charge in [0, 0.05) is 45.7 Å². The fraction of sp³-hybridized carbons (Fsp3) is 0.467. The van der Waals surface area contributed by atoms with Gasteiger partial charge in [-0.05, 0) is 29.3 Å². The molecule has 3 heterocycles. The number of alkyl halides is 6. The van der Waals surface area contributed by atoms with Gasteiger partial charge in [0.15, 0.2) is 0 Å². The van der Waals surface area contributed by atoms with Crippen LogP contribution >= 0.6 is 0 Å². The highest BCUT2D eigenvalue weighted by atomic mass is 19.4. The Labute approximate surface area is 259 Å². The second-order valence-electron chi connectivity index (χ2n) is 11.2. The molecule has 0 radical (unpaired) electrons. The van der Waals surface area contributed by atoms with Gasteiger partial charge in [-0.15, -0.1) is 0 Å². The van der Waals surface area contributed by atoms with Gasteiger partial charge in [-0.2, -0.15) is 26.3 Å². The van der Waals surface area contributed by atoms with E-state index in [9.17, 15) is 45.5 Å². The second-order valence-corrected chi connectivity index (χ2v) is 11.2. The summed E-state index contributed by atoms with van der Waals surface area (Å²) in [4.78, 5) is 59.0. The number of hydrogen-bond donors (Lipinski definition) is 1. The van der Waals surface area contributed by atoms with Crippen LogP contribution in [0.1, 0.15) is 35.1 Å². The molecule has 1 unspecified atom stereocenters. The Kier molecular flexibility index (Phi) is 9.47. The highest BCUT2D eigenvalue weighted by molar-refractivity contribution is 5.94. The minimum Gasteiger partial charge on any atom is -0.444 e. The smallest absolute Gasteiger partial charge is 0.416 e. The maximum atomic E-state index is 13.8. The molecule has 3 aliphatic rings. The Balaban J connectivity index is 1.40. The highest BCUT2D eigenvalue weighted by Crippen LogP contribution is 2.37. The second kappa shape index (κ2) is 13.2. The number of fused-ring (bicyclic) bond motifs is 1. The number of nitrogens with one attached hydrogen (secondary N) is 1. The minimum absolute atomic E-state index is 0.0261. The molecule has 0 spiro atoms. The van der Waals surface area contributed by atoms with E-state index in [1.807, 2.05) is 0 Å². The molecule has 46 heavy (non-hydrogen) atoms. The molecule has 5 rings (SSSR count). The third-order valence-corrected chi connectivity index (χ3v) is 8.15. The van der Waals surface area contributed by atoms with Crippen molar-refractivity contribution in [3.8, 4) is 0 Å². The van der Waals surface area contributed by atoms with E-state index in [-0.39, 0.29) is 44.4 Å². The zero-order valence-electron chi connectivity index (χ0n) is 24.4. The molecule has 3 aliphatic heterocycles. The summed E-state index contributed by atoms with van der Waals surface area (Å²) in [7, 11) is 0. The molecule has 10 nitrogen and oxygen atoms in total. The average molecular weight is 656 g/mol. The molecular weight excluding hydrogens is 624 g/mol. The lowest BCUT2D eigenvalue weighted by atomic mass is 10.00. The molecule has 3 fully saturated rings. The van der Waals surface area contributed by atoms with Crippen molar-refractivity contribution < 1.29 is 50.3 Å². The van der Waals surface area contributed by atoms with Crippen molar-refractivity contribution in [1.29, 1.82) is 0 Å². The van der Waals surface area contributed by atoms with Crippen molar-refractivity contribution in [1.82, 2.24) is 24.9 Å². The lowest BCUT2D eigenvalue weighted by Crippen LogP contribution is -2.71. The number of amides is 4. The average Bonchev–Trinajstić information content (AvgIpc) is 3.02. The molecule has 248 valence electrons. The first kappa shape index (κ1) is 33.0. The van der Waals surface area contributed by atoms with Gasteiger partial charge >= 0.3 is 18.4 Å². The highest BCUT2D eigenvalue weighted by Gasteiger charge is 2.50. The quantitative estimate of drug-likeness (QED) is 0.479. The number of piperazine rings is 2. The predicted octanol–water partition coefficient (Wildman–Crippen LogP) is 3.45. The van der Waals surface area contributed by atoms with Crippen LogP contribution in [0.5, 0.6) is 0 Å². The number of benzene rings is 2. The zero-order valence-corrected chi connectivity index (χ0v) is 24.4. The molecule has 0 saturated carbocycles. The van der Waals surface area contributed by atoms with Crippen LogP contribution in [0.15, 0.2) is 48.5 Å². The van der Waals surface area contributed by atoms with Gasteiger partial charge in [0.25, 0.3) is 0 Å². The Bertz CT molecular complexity index is 1430. The summed E-state index contributed by atoms with van der Waals surface area (Å²) in [6, 6.07) is 8.55. The van der Waals surface area contributed by atoms with Crippen molar-refractivity contribution in [2.75, 3.05) is 39.3 Å². The largest absolute Gasteiger partial charge is 0.444 e. The van der Waals surface area contributed by atoms with Gasteiger partial charge in [-0.1, -0.05) is 30.3 Å². The summed E-state index contributed by atoms with van der Waals surface area (Å²) in [6.45, 7) is 0.793. The van der Waals surface area contributed by atoms with E-state index in [4.69, 9.17) is 4.74 Å². The Morgan fingerprint density at radius 2 is 1.50 bits per heavy atom. The molecule has 16 heteroatoms. The lowest BCUT2D eigenvalue weighted by Gasteiger charge is -2.51. The van der Waals surface area contributed by atoms with Crippen LogP contribution in [0.4, 0.5) is 31.1 Å². The van der Waals surface area contributed by atoms with Crippen LogP contribution < -0.4 is 5.32 Å². The van der Waals surface area contributed by atoms with Crippen molar-refractivity contribution in [3.05, 3.63) is 70.8 Å². The third kappa shape index (κ3) is 7.37. The molecule has 3 saturated heterocycles. The van der Waals surface area contributed by atoms with Crippen LogP contribution in [0.3, 0.4) is 0 Å². The first-order chi connectivity index (χ1) is 21.7. The van der Waals surface area contributed by atoms with Crippen LogP contribution in [-0.2, 0) is 44.6 Å². The van der Waals surface area contributed by atoms with Gasteiger partial charge in [0.05, 0.1) is 24.1 Å². The molecule has 2 aromatic rings. The first-order valence-electron chi connectivity index (χ1n) is 14.6. The summed E-state index contributed by atoms with van der Waals surface area (Å²) >= 11 is 0. The number of ether oxygens (including phenoxy) is 1. The van der Waals surface area contributed by atoms with Crippen LogP contribution in [0.2, 0.25) is 0 Å². The van der Waals surface area contributed by atoms with Crippen LogP contribution in [-0.4, -0.2) is 94.9 Å². The summed E-state index contributed by atoms with van der Waals surface area (Å²) in [5.41, 5.74) is -2.90. The lowest BCUT2D eigenvalue weighted by molar-refractivity contribution is -0.170. The van der Waals surface area contributed by atoms with E-state index in [1.165, 1.54) is 9.80 Å². The summed E-state index contributed by atoms with van der Waals surface area (Å²) in [6.07, 6.45) is -12.9. The monoisotopic (exact) mass is 655 g/mol. The normalized spacial score (nSPS) is 20.9. The Morgan fingerprint density at radius 3 is 2.11 bits per heavy atom. The Morgan fingerprint density at radius 1 is 0.870 bits per heavy atom. The predicted molar refractivity (Wildman–Crippen MR) is 148 cm³/mol. The van der Waals surface area contributed by atoms with E-state index >= 15 is 0 Å². The number of carbonyl (C=O) groups is 4. The van der Waals surface area contributed by atoms with Crippen molar-refractivity contribution in [2.45, 2.75) is 50.6 Å². The van der Waals surface area contributed by atoms with E-state index in [2.05, 4.69) is 5.32 Å². The molecule has 1 N–H and O–H groups in total. The Hall–Kier alpha value is -4.34. The molecular formula is C30H31F6N5O5. The number of rotatable bonds is 6. The fourth-order valence-corrected chi connectivity index (χ4v) is 5.88. The summed E-state index contributed by atoms with van der Waals surface area (Å²) in [5.74, 6) is -1.32. The maximum absolute atomic E-state index is 13.8. The van der Waals surface area contributed by atoms with Crippen molar-refractivity contribution in [2.24, 2.45) is 0 Å². The van der Waals surface area contributed by atoms with Gasteiger partial charge in [-0.25, -0.2) is 4.79 Å². The number of halogens is 6. The molecule has 0 aromatic heterocycles. The van der Waals surface area contributed by atoms with Crippen LogP contribution in [0, 0.1) is 0 Å². The van der Waals surface area contributed by atoms with Gasteiger partial charge < -0.3 is 24.8 Å². The van der Waals surface area contributed by atoms with Crippen molar-refractivity contribution >= 4 is 23.8 Å². The van der Waals surface area contributed by atoms with E-state index in [0.29, 0.717) is 38.3 Å². The number of carbonyl (C=O) groups excluding carboxylic acids is 4. The maximum Gasteiger partial charge on any atom is 0.416 e. The van der Waals surface area contributed by atoms with Gasteiger partial charge in [-0.3, -0.25) is 19.3 Å². The van der Waals surface area contributed by atoms with E-state index < -0.39 is 65.8 Å². The van der Waals surface area contributed by atoms with E-state index in [0.717, 1.165) is 10.5 Å². The van der Waals surface area contributed by atoms with Gasteiger partial charge in [0.1, 0.15) is 18.8 Å². The standard InChI is InChI=1S/C30H31F6N5O5/c31-29(32,33)21-12-20(13-22(14-21)30(34,35)36)18-46-28(45)40-9-6-25(42)41-23(15-26(43)38-10-7-37-8-11-38)27(44)39(17-24(40)41)16-19-4-2-1-3-5-19/h1-5,12-14,23-24,37H,6-11,15-18H2/t23-,24?/m0/s1. The van der Waals surface area contributed by atoms with Crippen molar-refractivity contribution in [3.63, 3.8) is 0 Å². The summed E-state index contributed by atoms with van der Waals surface area (Å²) in [5, 5.41) is 3.13. The van der Waals surface area contributed by atoms with E-state index in [1.54, 1.807) is 35.2 Å². The zero-order chi connectivity index (χ0) is 33.2. The van der Waals surface area contributed by atoms with Crippen LogP contribution in [0.25, 0.3) is 0 Å². The fourth-order valence-electron chi connectivity index (χ4n) is 5.88. The topological polar surface area (TPSA) is 102 Å². The molecule has 2 atom stereocenters. The molecule has 2 aromatic carbocycles.